The second kappa shape index (κ2) is 6.73. The predicted molar refractivity (Wildman–Crippen MR) is 76.3 cm³/mol. The van der Waals surface area contributed by atoms with Crippen molar-refractivity contribution in [2.75, 3.05) is 11.9 Å². The summed E-state index contributed by atoms with van der Waals surface area (Å²) in [6.07, 6.45) is 1.04. The first kappa shape index (κ1) is 13.3. The van der Waals surface area contributed by atoms with Crippen molar-refractivity contribution in [1.29, 1.82) is 0 Å². The highest BCUT2D eigenvalue weighted by Gasteiger charge is 2.03. The van der Waals surface area contributed by atoms with Gasteiger partial charge in [0.05, 0.1) is 0 Å². The Balaban J connectivity index is 2.01. The fourth-order valence-corrected chi connectivity index (χ4v) is 1.66. The van der Waals surface area contributed by atoms with Gasteiger partial charge in [0.25, 0.3) is 0 Å². The fraction of sp³-hybridized carbons (Fsp3) is 0.333. The lowest BCUT2D eigenvalue weighted by Gasteiger charge is -2.09. The smallest absolute Gasteiger partial charge is 0.226 e. The Kier molecular flexibility index (Phi) is 4.72. The molecular weight excluding hydrogens is 238 g/mol. The first-order chi connectivity index (χ1) is 9.28. The molecule has 0 atom stereocenters. The van der Waals surface area contributed by atoms with E-state index in [1.54, 1.807) is 0 Å². The van der Waals surface area contributed by atoms with E-state index in [9.17, 15) is 0 Å². The maximum Gasteiger partial charge on any atom is 0.226 e. The largest absolute Gasteiger partial charge is 0.473 e. The van der Waals surface area contributed by atoms with Crippen LogP contribution < -0.4 is 10.1 Å². The highest BCUT2D eigenvalue weighted by atomic mass is 16.5. The van der Waals surface area contributed by atoms with Crippen molar-refractivity contribution in [1.82, 2.24) is 9.97 Å². The van der Waals surface area contributed by atoms with Crippen molar-refractivity contribution in [2.24, 2.45) is 0 Å². The summed E-state index contributed by atoms with van der Waals surface area (Å²) in [5.41, 5.74) is 2.03. The third-order valence-corrected chi connectivity index (χ3v) is 2.59. The second-order valence-corrected chi connectivity index (χ2v) is 4.37. The van der Waals surface area contributed by atoms with E-state index in [1.807, 2.05) is 43.3 Å². The minimum absolute atomic E-state index is 0.518. The zero-order valence-corrected chi connectivity index (χ0v) is 11.4. The molecule has 1 aromatic carbocycles. The first-order valence-electron chi connectivity index (χ1n) is 6.54. The van der Waals surface area contributed by atoms with Crippen LogP contribution in [0, 0.1) is 6.92 Å². The Hall–Kier alpha value is -2.10. The summed E-state index contributed by atoms with van der Waals surface area (Å²) in [6.45, 7) is 5.43. The molecule has 1 aromatic heterocycles. The Morgan fingerprint density at radius 2 is 1.95 bits per heavy atom. The minimum Gasteiger partial charge on any atom is -0.473 e. The molecule has 0 fully saturated rings. The number of nitrogens with zero attached hydrogens (tertiary/aromatic N) is 2. The van der Waals surface area contributed by atoms with Crippen LogP contribution in [-0.2, 0) is 6.61 Å². The van der Waals surface area contributed by atoms with Crippen LogP contribution in [0.3, 0.4) is 0 Å². The van der Waals surface area contributed by atoms with Gasteiger partial charge in [-0.15, -0.1) is 0 Å². The maximum atomic E-state index is 5.70. The number of ether oxygens (including phenoxy) is 1. The summed E-state index contributed by atoms with van der Waals surface area (Å²) in [4.78, 5) is 8.67. The molecule has 100 valence electrons. The molecule has 4 heteroatoms. The Bertz CT molecular complexity index is 514. The Morgan fingerprint density at radius 3 is 2.68 bits per heavy atom. The SMILES string of the molecule is CCCNc1nc(C)cc(OCc2ccccc2)n1. The van der Waals surface area contributed by atoms with Gasteiger partial charge in [0, 0.05) is 18.3 Å². The van der Waals surface area contributed by atoms with Gasteiger partial charge in [-0.05, 0) is 18.9 Å². The average molecular weight is 257 g/mol. The molecule has 0 radical (unpaired) electrons. The lowest BCUT2D eigenvalue weighted by Crippen LogP contribution is -2.06. The molecule has 0 aliphatic rings. The summed E-state index contributed by atoms with van der Waals surface area (Å²) in [7, 11) is 0. The van der Waals surface area contributed by atoms with Crippen molar-refractivity contribution in [2.45, 2.75) is 26.9 Å². The van der Waals surface area contributed by atoms with Gasteiger partial charge in [-0.3, -0.25) is 0 Å². The maximum absolute atomic E-state index is 5.70. The van der Waals surface area contributed by atoms with Gasteiger partial charge >= 0.3 is 0 Å². The van der Waals surface area contributed by atoms with Crippen molar-refractivity contribution in [3.8, 4) is 5.88 Å². The molecule has 2 aromatic rings. The zero-order chi connectivity index (χ0) is 13.5. The molecule has 0 saturated carbocycles. The summed E-state index contributed by atoms with van der Waals surface area (Å²) >= 11 is 0. The quantitative estimate of drug-likeness (QED) is 0.863. The fourth-order valence-electron chi connectivity index (χ4n) is 1.66. The lowest BCUT2D eigenvalue weighted by atomic mass is 10.2. The number of aromatic nitrogens is 2. The molecule has 0 amide bonds. The zero-order valence-electron chi connectivity index (χ0n) is 11.4. The van der Waals surface area contributed by atoms with Gasteiger partial charge < -0.3 is 10.1 Å². The first-order valence-corrected chi connectivity index (χ1v) is 6.54. The summed E-state index contributed by atoms with van der Waals surface area (Å²) in [5, 5.41) is 3.17. The van der Waals surface area contributed by atoms with Crippen LogP contribution in [-0.4, -0.2) is 16.5 Å². The van der Waals surface area contributed by atoms with E-state index in [1.165, 1.54) is 0 Å². The topological polar surface area (TPSA) is 47.0 Å². The van der Waals surface area contributed by atoms with Gasteiger partial charge in [0.1, 0.15) is 6.61 Å². The van der Waals surface area contributed by atoms with Gasteiger partial charge in [0.15, 0.2) is 0 Å². The highest BCUT2D eigenvalue weighted by molar-refractivity contribution is 5.30. The van der Waals surface area contributed by atoms with Crippen molar-refractivity contribution < 1.29 is 4.74 Å². The molecule has 4 nitrogen and oxygen atoms in total. The monoisotopic (exact) mass is 257 g/mol. The van der Waals surface area contributed by atoms with Crippen molar-refractivity contribution >= 4 is 5.95 Å². The normalized spacial score (nSPS) is 10.2. The number of aryl methyl sites for hydroxylation is 1. The number of hydrogen-bond donors (Lipinski definition) is 1. The van der Waals surface area contributed by atoms with Crippen LogP contribution >= 0.6 is 0 Å². The average Bonchev–Trinajstić information content (AvgIpc) is 2.43. The molecule has 0 saturated heterocycles. The number of anilines is 1. The van der Waals surface area contributed by atoms with E-state index in [0.717, 1.165) is 24.2 Å². The Morgan fingerprint density at radius 1 is 1.16 bits per heavy atom. The van der Waals surface area contributed by atoms with Gasteiger partial charge in [-0.1, -0.05) is 37.3 Å². The van der Waals surface area contributed by atoms with Crippen LogP contribution in [0.5, 0.6) is 5.88 Å². The number of hydrogen-bond acceptors (Lipinski definition) is 4. The standard InChI is InChI=1S/C15H19N3O/c1-3-9-16-15-17-12(2)10-14(18-15)19-11-13-7-5-4-6-8-13/h4-8,10H,3,9,11H2,1-2H3,(H,16,17,18). The third kappa shape index (κ3) is 4.25. The van der Waals surface area contributed by atoms with Crippen molar-refractivity contribution in [3.63, 3.8) is 0 Å². The molecule has 0 unspecified atom stereocenters. The highest BCUT2D eigenvalue weighted by Crippen LogP contribution is 2.13. The van der Waals surface area contributed by atoms with Crippen LogP contribution in [0.25, 0.3) is 0 Å². The van der Waals surface area contributed by atoms with E-state index < -0.39 is 0 Å². The van der Waals surface area contributed by atoms with Crippen molar-refractivity contribution in [3.05, 3.63) is 47.7 Å². The molecule has 1 N–H and O–H groups in total. The predicted octanol–water partition coefficient (Wildman–Crippen LogP) is 3.19. The molecule has 0 aliphatic carbocycles. The summed E-state index contributed by atoms with van der Waals surface area (Å²) < 4.78 is 5.70. The van der Waals surface area contributed by atoms with E-state index in [0.29, 0.717) is 18.4 Å². The lowest BCUT2D eigenvalue weighted by molar-refractivity contribution is 0.293. The number of nitrogens with one attached hydrogen (secondary N) is 1. The van der Waals surface area contributed by atoms with Crippen LogP contribution in [0.15, 0.2) is 36.4 Å². The van der Waals surface area contributed by atoms with Crippen LogP contribution in [0.1, 0.15) is 24.6 Å². The molecule has 2 rings (SSSR count). The van der Waals surface area contributed by atoms with E-state index >= 15 is 0 Å². The third-order valence-electron chi connectivity index (χ3n) is 2.59. The second-order valence-electron chi connectivity index (χ2n) is 4.37. The van der Waals surface area contributed by atoms with E-state index in [2.05, 4.69) is 22.2 Å². The number of rotatable bonds is 6. The van der Waals surface area contributed by atoms with Crippen LogP contribution in [0.2, 0.25) is 0 Å². The molecular formula is C15H19N3O. The molecule has 0 spiro atoms. The molecule has 0 bridgehead atoms. The Labute approximate surface area is 113 Å². The van der Waals surface area contributed by atoms with Gasteiger partial charge in [-0.2, -0.15) is 4.98 Å². The summed E-state index contributed by atoms with van der Waals surface area (Å²) in [5.74, 6) is 1.24. The minimum atomic E-state index is 0.518. The number of benzene rings is 1. The van der Waals surface area contributed by atoms with E-state index in [4.69, 9.17) is 4.74 Å². The van der Waals surface area contributed by atoms with E-state index in [-0.39, 0.29) is 0 Å². The summed E-state index contributed by atoms with van der Waals surface area (Å²) in [6, 6.07) is 11.9. The molecule has 0 aliphatic heterocycles. The van der Waals surface area contributed by atoms with Gasteiger partial charge in [-0.25, -0.2) is 4.98 Å². The van der Waals surface area contributed by atoms with Crippen LogP contribution in [0.4, 0.5) is 5.95 Å². The van der Waals surface area contributed by atoms with Gasteiger partial charge in [0.2, 0.25) is 11.8 Å². The molecule has 19 heavy (non-hydrogen) atoms. The molecule has 1 heterocycles.